The Morgan fingerprint density at radius 2 is 1.87 bits per heavy atom. The molecule has 0 aliphatic carbocycles. The second kappa shape index (κ2) is 7.60. The third-order valence-corrected chi connectivity index (χ3v) is 3.10. The summed E-state index contributed by atoms with van der Waals surface area (Å²) in [5, 5.41) is 2.88. The van der Waals surface area contributed by atoms with Gasteiger partial charge in [-0.05, 0) is 42.5 Å². The number of rotatable bonds is 5. The van der Waals surface area contributed by atoms with Gasteiger partial charge in [0.05, 0.1) is 18.4 Å². The third-order valence-electron chi connectivity index (χ3n) is 2.85. The van der Waals surface area contributed by atoms with Crippen LogP contribution >= 0.6 is 11.6 Å². The van der Waals surface area contributed by atoms with E-state index >= 15 is 0 Å². The molecule has 7 heteroatoms. The van der Waals surface area contributed by atoms with E-state index in [1.54, 1.807) is 24.3 Å². The van der Waals surface area contributed by atoms with Gasteiger partial charge < -0.3 is 14.8 Å². The molecule has 2 rings (SSSR count). The van der Waals surface area contributed by atoms with Gasteiger partial charge in [0.1, 0.15) is 11.6 Å². The summed E-state index contributed by atoms with van der Waals surface area (Å²) in [4.78, 5) is 23.2. The minimum atomic E-state index is -0.669. The lowest BCUT2D eigenvalue weighted by atomic mass is 10.2. The minimum Gasteiger partial charge on any atom is -0.484 e. The summed E-state index contributed by atoms with van der Waals surface area (Å²) in [7, 11) is 1.21. The number of halogens is 2. The molecule has 0 saturated heterocycles. The zero-order valence-corrected chi connectivity index (χ0v) is 12.9. The van der Waals surface area contributed by atoms with E-state index in [0.717, 1.165) is 6.07 Å². The molecule has 23 heavy (non-hydrogen) atoms. The van der Waals surface area contributed by atoms with E-state index in [-0.39, 0.29) is 17.9 Å². The quantitative estimate of drug-likeness (QED) is 0.850. The number of hydrogen-bond acceptors (Lipinski definition) is 4. The predicted molar refractivity (Wildman–Crippen MR) is 83.3 cm³/mol. The van der Waals surface area contributed by atoms with Crippen molar-refractivity contribution in [1.82, 2.24) is 0 Å². The number of esters is 1. The Morgan fingerprint density at radius 3 is 2.52 bits per heavy atom. The molecule has 5 nitrogen and oxygen atoms in total. The van der Waals surface area contributed by atoms with Gasteiger partial charge in [-0.1, -0.05) is 11.6 Å². The highest BCUT2D eigenvalue weighted by Crippen LogP contribution is 2.18. The van der Waals surface area contributed by atoms with Crippen molar-refractivity contribution in [2.24, 2.45) is 0 Å². The molecule has 1 N–H and O–H groups in total. The van der Waals surface area contributed by atoms with Crippen LogP contribution in [0, 0.1) is 5.82 Å². The molecule has 0 heterocycles. The van der Waals surface area contributed by atoms with Crippen LogP contribution in [-0.2, 0) is 9.53 Å². The molecule has 2 aromatic rings. The molecule has 0 atom stereocenters. The van der Waals surface area contributed by atoms with Crippen molar-refractivity contribution < 1.29 is 23.5 Å². The smallest absolute Gasteiger partial charge is 0.337 e. The first kappa shape index (κ1) is 16.8. The van der Waals surface area contributed by atoms with Crippen LogP contribution in [0.1, 0.15) is 10.4 Å². The Balaban J connectivity index is 1.99. The van der Waals surface area contributed by atoms with Crippen molar-refractivity contribution in [2.45, 2.75) is 0 Å². The van der Waals surface area contributed by atoms with Gasteiger partial charge in [-0.2, -0.15) is 0 Å². The van der Waals surface area contributed by atoms with Crippen molar-refractivity contribution in [3.05, 3.63) is 58.9 Å². The molecule has 0 saturated carbocycles. The van der Waals surface area contributed by atoms with Crippen LogP contribution in [0.2, 0.25) is 5.02 Å². The summed E-state index contributed by atoms with van der Waals surface area (Å²) < 4.78 is 23.5. The summed E-state index contributed by atoms with van der Waals surface area (Å²) in [6, 6.07) is 9.98. The molecule has 0 fully saturated rings. The first-order valence-electron chi connectivity index (χ1n) is 6.55. The number of benzene rings is 2. The van der Waals surface area contributed by atoms with Gasteiger partial charge >= 0.3 is 5.97 Å². The monoisotopic (exact) mass is 337 g/mol. The highest BCUT2D eigenvalue weighted by molar-refractivity contribution is 6.30. The summed E-state index contributed by atoms with van der Waals surface area (Å²) >= 11 is 5.74. The van der Waals surface area contributed by atoms with E-state index in [0.29, 0.717) is 10.8 Å². The maximum absolute atomic E-state index is 13.7. The molecular formula is C16H13ClFNO4. The number of nitrogens with one attached hydrogen (secondary N) is 1. The summed E-state index contributed by atoms with van der Waals surface area (Å²) in [5.41, 5.74) is 0.000394. The average Bonchev–Trinajstić information content (AvgIpc) is 2.55. The fraction of sp³-hybridized carbons (Fsp3) is 0.125. The number of amides is 1. The van der Waals surface area contributed by atoms with Crippen molar-refractivity contribution in [1.29, 1.82) is 0 Å². The van der Waals surface area contributed by atoms with Gasteiger partial charge in [-0.25, -0.2) is 9.18 Å². The average molecular weight is 338 g/mol. The lowest BCUT2D eigenvalue weighted by Crippen LogP contribution is -2.21. The number of hydrogen-bond donors (Lipinski definition) is 1. The maximum atomic E-state index is 13.7. The van der Waals surface area contributed by atoms with Crippen LogP contribution in [0.5, 0.6) is 5.75 Å². The molecule has 1 amide bonds. The molecule has 0 spiro atoms. The normalized spacial score (nSPS) is 10.0. The van der Waals surface area contributed by atoms with E-state index in [1.165, 1.54) is 19.2 Å². The molecule has 0 radical (unpaired) electrons. The van der Waals surface area contributed by atoms with Crippen molar-refractivity contribution in [2.75, 3.05) is 19.0 Å². The molecule has 120 valence electrons. The zero-order chi connectivity index (χ0) is 16.8. The minimum absolute atomic E-state index is 0.127. The second-order valence-corrected chi connectivity index (χ2v) is 4.91. The number of anilines is 1. The Hall–Kier alpha value is -2.60. The molecule has 0 bridgehead atoms. The van der Waals surface area contributed by atoms with Gasteiger partial charge in [-0.3, -0.25) is 4.79 Å². The summed E-state index contributed by atoms with van der Waals surface area (Å²) in [6.07, 6.45) is 0. The second-order valence-electron chi connectivity index (χ2n) is 4.48. The van der Waals surface area contributed by atoms with E-state index in [9.17, 15) is 14.0 Å². The molecule has 0 aliphatic heterocycles. The van der Waals surface area contributed by atoms with Crippen LogP contribution in [-0.4, -0.2) is 25.6 Å². The van der Waals surface area contributed by atoms with Crippen molar-refractivity contribution in [3.63, 3.8) is 0 Å². The number of methoxy groups -OCH3 is 1. The fourth-order valence-electron chi connectivity index (χ4n) is 1.73. The lowest BCUT2D eigenvalue weighted by molar-refractivity contribution is -0.118. The summed E-state index contributed by atoms with van der Waals surface area (Å²) in [6.45, 7) is -0.316. The molecule has 0 aliphatic rings. The van der Waals surface area contributed by atoms with Gasteiger partial charge in [0.2, 0.25) is 0 Å². The SMILES string of the molecule is COC(=O)c1ccc(F)c(NC(=O)COc2ccc(Cl)cc2)c1. The van der Waals surface area contributed by atoms with Crippen molar-refractivity contribution >= 4 is 29.2 Å². The first-order valence-corrected chi connectivity index (χ1v) is 6.93. The van der Waals surface area contributed by atoms with E-state index < -0.39 is 17.7 Å². The molecule has 0 unspecified atom stereocenters. The lowest BCUT2D eigenvalue weighted by Gasteiger charge is -2.09. The largest absolute Gasteiger partial charge is 0.484 e. The van der Waals surface area contributed by atoms with Crippen molar-refractivity contribution in [3.8, 4) is 5.75 Å². The predicted octanol–water partition coefficient (Wildman–Crippen LogP) is 3.28. The van der Waals surface area contributed by atoms with Gasteiger partial charge in [0.15, 0.2) is 6.61 Å². The Morgan fingerprint density at radius 1 is 1.17 bits per heavy atom. The third kappa shape index (κ3) is 4.69. The Labute approximate surface area is 137 Å². The highest BCUT2D eigenvalue weighted by atomic mass is 35.5. The van der Waals surface area contributed by atoms with Crippen LogP contribution in [0.15, 0.2) is 42.5 Å². The number of carbonyl (C=O) groups is 2. The van der Waals surface area contributed by atoms with E-state index in [4.69, 9.17) is 16.3 Å². The topological polar surface area (TPSA) is 64.6 Å². The first-order chi connectivity index (χ1) is 11.0. The standard InChI is InChI=1S/C16H13ClFNO4/c1-22-16(21)10-2-7-13(18)14(8-10)19-15(20)9-23-12-5-3-11(17)4-6-12/h2-8H,9H2,1H3,(H,19,20). The van der Waals surface area contributed by atoms with Crippen LogP contribution in [0.3, 0.4) is 0 Å². The molecule has 2 aromatic carbocycles. The zero-order valence-electron chi connectivity index (χ0n) is 12.1. The molecular weight excluding hydrogens is 325 g/mol. The van der Waals surface area contributed by atoms with E-state index in [2.05, 4.69) is 10.1 Å². The maximum Gasteiger partial charge on any atom is 0.337 e. The Kier molecular flexibility index (Phi) is 5.54. The fourth-order valence-corrected chi connectivity index (χ4v) is 1.86. The van der Waals surface area contributed by atoms with Crippen LogP contribution in [0.4, 0.5) is 10.1 Å². The molecule has 0 aromatic heterocycles. The van der Waals surface area contributed by atoms with E-state index in [1.807, 2.05) is 0 Å². The van der Waals surface area contributed by atoms with Crippen LogP contribution < -0.4 is 10.1 Å². The highest BCUT2D eigenvalue weighted by Gasteiger charge is 2.12. The van der Waals surface area contributed by atoms with Gasteiger partial charge in [0, 0.05) is 5.02 Å². The van der Waals surface area contributed by atoms with Gasteiger partial charge in [-0.15, -0.1) is 0 Å². The van der Waals surface area contributed by atoms with Crippen LogP contribution in [0.25, 0.3) is 0 Å². The van der Waals surface area contributed by atoms with Gasteiger partial charge in [0.25, 0.3) is 5.91 Å². The Bertz CT molecular complexity index is 719. The summed E-state index contributed by atoms with van der Waals surface area (Å²) in [5.74, 6) is -1.41. The number of carbonyl (C=O) groups excluding carboxylic acids is 2. The number of ether oxygens (including phenoxy) is 2.